The molecular weight excluding hydrogens is 448 g/mol. The Morgan fingerprint density at radius 2 is 1.69 bits per heavy atom. The number of piperidine rings is 1. The van der Waals surface area contributed by atoms with E-state index in [1.165, 1.54) is 56.4 Å². The van der Waals surface area contributed by atoms with Gasteiger partial charge in [0.1, 0.15) is 11.3 Å². The van der Waals surface area contributed by atoms with Gasteiger partial charge in [0.2, 0.25) is 0 Å². The van der Waals surface area contributed by atoms with Gasteiger partial charge in [-0.05, 0) is 75.0 Å². The zero-order valence-corrected chi connectivity index (χ0v) is 20.4. The van der Waals surface area contributed by atoms with Crippen LogP contribution in [-0.4, -0.2) is 61.2 Å². The monoisotopic (exact) mass is 478 g/mol. The maximum atomic E-state index is 4.72. The van der Waals surface area contributed by atoms with Gasteiger partial charge >= 0.3 is 0 Å². The Labute approximate surface area is 209 Å². The highest BCUT2D eigenvalue weighted by molar-refractivity contribution is 5.99. The fourth-order valence-corrected chi connectivity index (χ4v) is 5.74. The fraction of sp³-hybridized carbons (Fsp3) is 0.357. The van der Waals surface area contributed by atoms with Gasteiger partial charge in [-0.2, -0.15) is 5.10 Å². The normalized spacial score (nSPS) is 16.9. The molecule has 0 amide bonds. The number of pyridine rings is 3. The number of likely N-dealkylation sites (tertiary alicyclic amines) is 1. The van der Waals surface area contributed by atoms with Crippen LogP contribution in [-0.2, 0) is 6.54 Å². The van der Waals surface area contributed by atoms with Crippen LogP contribution < -0.4 is 4.90 Å². The Kier molecular flexibility index (Phi) is 5.39. The summed E-state index contributed by atoms with van der Waals surface area (Å²) in [6.45, 7) is 5.49. The first-order valence-electron chi connectivity index (χ1n) is 13.1. The zero-order valence-electron chi connectivity index (χ0n) is 20.4. The van der Waals surface area contributed by atoms with Crippen LogP contribution in [0, 0.1) is 0 Å². The second-order valence-corrected chi connectivity index (χ2v) is 10.1. The average Bonchev–Trinajstić information content (AvgIpc) is 3.68. The summed E-state index contributed by atoms with van der Waals surface area (Å²) in [5, 5.41) is 10.0. The number of hydrogen-bond donors (Lipinski definition) is 2. The molecule has 5 aromatic heterocycles. The molecule has 182 valence electrons. The SMILES string of the molecule is c1cc(N2CCCCC2)c2cc(-c3n[nH]c4cnc(-c5cncc(CN6CCCC6)c5)cc34)[nH]c2n1. The molecule has 2 aliphatic heterocycles. The minimum atomic E-state index is 0.887. The molecule has 0 aliphatic carbocycles. The minimum absolute atomic E-state index is 0.887. The van der Waals surface area contributed by atoms with E-state index in [1.807, 2.05) is 24.8 Å². The molecule has 7 heterocycles. The van der Waals surface area contributed by atoms with Gasteiger partial charge in [0.25, 0.3) is 0 Å². The minimum Gasteiger partial charge on any atom is -0.371 e. The summed E-state index contributed by atoms with van der Waals surface area (Å²) in [5.74, 6) is 0. The van der Waals surface area contributed by atoms with Crippen molar-refractivity contribution >= 4 is 27.6 Å². The van der Waals surface area contributed by atoms with Crippen molar-refractivity contribution in [2.45, 2.75) is 38.6 Å². The lowest BCUT2D eigenvalue weighted by molar-refractivity contribution is 0.331. The molecular formula is C28H30N8. The van der Waals surface area contributed by atoms with E-state index in [0.717, 1.165) is 64.2 Å². The fourth-order valence-electron chi connectivity index (χ4n) is 5.74. The molecule has 2 fully saturated rings. The molecule has 0 radical (unpaired) electrons. The molecule has 8 heteroatoms. The largest absolute Gasteiger partial charge is 0.371 e. The van der Waals surface area contributed by atoms with Crippen LogP contribution in [0.5, 0.6) is 0 Å². The predicted molar refractivity (Wildman–Crippen MR) is 143 cm³/mol. The van der Waals surface area contributed by atoms with Gasteiger partial charge in [-0.25, -0.2) is 4.98 Å². The van der Waals surface area contributed by atoms with Crippen LogP contribution in [0.15, 0.2) is 49.1 Å². The Morgan fingerprint density at radius 1 is 0.833 bits per heavy atom. The lowest BCUT2D eigenvalue weighted by Crippen LogP contribution is -2.29. The second kappa shape index (κ2) is 9.02. The van der Waals surface area contributed by atoms with Crippen molar-refractivity contribution < 1.29 is 0 Å². The van der Waals surface area contributed by atoms with E-state index in [1.54, 1.807) is 0 Å². The van der Waals surface area contributed by atoms with Crippen molar-refractivity contribution in [3.8, 4) is 22.6 Å². The number of H-pyrrole nitrogens is 2. The molecule has 2 aliphatic rings. The Balaban J connectivity index is 1.25. The molecule has 5 aromatic rings. The van der Waals surface area contributed by atoms with E-state index in [0.29, 0.717) is 0 Å². The summed E-state index contributed by atoms with van der Waals surface area (Å²) >= 11 is 0. The van der Waals surface area contributed by atoms with Crippen molar-refractivity contribution in [1.29, 1.82) is 0 Å². The number of anilines is 1. The average molecular weight is 479 g/mol. The maximum absolute atomic E-state index is 4.72. The topological polar surface area (TPSA) is 89.6 Å². The van der Waals surface area contributed by atoms with E-state index in [9.17, 15) is 0 Å². The highest BCUT2D eigenvalue weighted by Crippen LogP contribution is 2.34. The third-order valence-corrected chi connectivity index (χ3v) is 7.60. The highest BCUT2D eigenvalue weighted by Gasteiger charge is 2.19. The summed E-state index contributed by atoms with van der Waals surface area (Å²) < 4.78 is 0. The molecule has 0 atom stereocenters. The third kappa shape index (κ3) is 3.91. The van der Waals surface area contributed by atoms with Crippen LogP contribution in [0.3, 0.4) is 0 Å². The summed E-state index contributed by atoms with van der Waals surface area (Å²) in [5.41, 5.74) is 8.09. The molecule has 2 saturated heterocycles. The molecule has 7 rings (SSSR count). The molecule has 8 nitrogen and oxygen atoms in total. The highest BCUT2D eigenvalue weighted by atomic mass is 15.1. The first-order chi connectivity index (χ1) is 17.8. The maximum Gasteiger partial charge on any atom is 0.139 e. The van der Waals surface area contributed by atoms with Gasteiger partial charge < -0.3 is 9.88 Å². The number of aromatic amines is 2. The van der Waals surface area contributed by atoms with Crippen LogP contribution in [0.1, 0.15) is 37.7 Å². The van der Waals surface area contributed by atoms with Gasteiger partial charge in [-0.1, -0.05) is 0 Å². The summed E-state index contributed by atoms with van der Waals surface area (Å²) in [7, 11) is 0. The first-order valence-corrected chi connectivity index (χ1v) is 13.1. The molecule has 0 bridgehead atoms. The van der Waals surface area contributed by atoms with Crippen LogP contribution in [0.2, 0.25) is 0 Å². The second-order valence-electron chi connectivity index (χ2n) is 10.1. The van der Waals surface area contributed by atoms with E-state index in [2.05, 4.69) is 59.2 Å². The number of fused-ring (bicyclic) bond motifs is 2. The summed E-state index contributed by atoms with van der Waals surface area (Å²) in [6, 6.07) is 8.67. The van der Waals surface area contributed by atoms with Crippen LogP contribution in [0.25, 0.3) is 44.6 Å². The Hall–Kier alpha value is -3.78. The number of hydrogen-bond acceptors (Lipinski definition) is 6. The van der Waals surface area contributed by atoms with Crippen molar-refractivity contribution in [1.82, 2.24) is 35.0 Å². The lowest BCUT2D eigenvalue weighted by atomic mass is 10.1. The van der Waals surface area contributed by atoms with Crippen molar-refractivity contribution in [2.24, 2.45) is 0 Å². The van der Waals surface area contributed by atoms with Gasteiger partial charge in [-0.15, -0.1) is 0 Å². The summed E-state index contributed by atoms with van der Waals surface area (Å²) in [4.78, 5) is 22.4. The first kappa shape index (κ1) is 21.5. The standard InChI is InChI=1S/C28H30N8/c1-2-10-36(11-3-1)26-6-7-30-28-22(26)14-24(32-28)27-21-13-23(31-17-25(21)33-34-27)20-12-19(15-29-16-20)18-35-8-4-5-9-35/h6-7,12-17H,1-5,8-11,18H2,(H,30,32)(H,33,34). The summed E-state index contributed by atoms with van der Waals surface area (Å²) in [6.07, 6.45) is 14.0. The molecule has 0 unspecified atom stereocenters. The van der Waals surface area contributed by atoms with Crippen molar-refractivity contribution in [3.63, 3.8) is 0 Å². The molecule has 0 spiro atoms. The van der Waals surface area contributed by atoms with Crippen LogP contribution >= 0.6 is 0 Å². The van der Waals surface area contributed by atoms with E-state index in [4.69, 9.17) is 4.98 Å². The van der Waals surface area contributed by atoms with Crippen LogP contribution in [0.4, 0.5) is 5.69 Å². The van der Waals surface area contributed by atoms with E-state index in [-0.39, 0.29) is 0 Å². The zero-order chi connectivity index (χ0) is 23.9. The number of nitrogens with zero attached hydrogens (tertiary/aromatic N) is 6. The van der Waals surface area contributed by atoms with E-state index < -0.39 is 0 Å². The predicted octanol–water partition coefficient (Wildman–Crippen LogP) is 5.15. The van der Waals surface area contributed by atoms with Crippen molar-refractivity contribution in [3.05, 3.63) is 54.6 Å². The lowest BCUT2D eigenvalue weighted by Gasteiger charge is -2.29. The third-order valence-electron chi connectivity index (χ3n) is 7.60. The number of aromatic nitrogens is 6. The number of rotatable bonds is 5. The van der Waals surface area contributed by atoms with E-state index >= 15 is 0 Å². The quantitative estimate of drug-likeness (QED) is 0.363. The van der Waals surface area contributed by atoms with Gasteiger partial charge in [0.05, 0.1) is 23.1 Å². The molecule has 2 N–H and O–H groups in total. The molecule has 36 heavy (non-hydrogen) atoms. The van der Waals surface area contributed by atoms with Crippen molar-refractivity contribution in [2.75, 3.05) is 31.1 Å². The Bertz CT molecular complexity index is 1520. The smallest absolute Gasteiger partial charge is 0.139 e. The molecule has 0 saturated carbocycles. The Morgan fingerprint density at radius 3 is 2.58 bits per heavy atom. The number of nitrogens with one attached hydrogen (secondary N) is 2. The molecule has 0 aromatic carbocycles. The van der Waals surface area contributed by atoms with Gasteiger partial charge in [0.15, 0.2) is 0 Å². The van der Waals surface area contributed by atoms with Gasteiger partial charge in [-0.3, -0.25) is 20.0 Å². The van der Waals surface area contributed by atoms with Gasteiger partial charge in [0, 0.05) is 60.2 Å².